The molecule has 0 fully saturated rings. The Kier molecular flexibility index (Phi) is 3.74. The average molecular weight is 315 g/mol. The Bertz CT molecular complexity index is 537. The fourth-order valence-electron chi connectivity index (χ4n) is 1.63. The Labute approximate surface area is 114 Å². The predicted octanol–water partition coefficient (Wildman–Crippen LogP) is 3.76. The first-order valence-corrected chi connectivity index (χ1v) is 6.42. The molecule has 0 amide bonds. The smallest absolute Gasteiger partial charge is 0.0597 e. The van der Waals surface area contributed by atoms with Gasteiger partial charge in [-0.05, 0) is 47.1 Å². The molecule has 90 valence electrons. The first kappa shape index (κ1) is 12.5. The van der Waals surface area contributed by atoms with Crippen molar-refractivity contribution in [3.05, 3.63) is 45.1 Å². The summed E-state index contributed by atoms with van der Waals surface area (Å²) in [6, 6.07) is 7.88. The summed E-state index contributed by atoms with van der Waals surface area (Å²) in [6.07, 6.45) is 0. The Balaban J connectivity index is 2.07. The second-order valence-corrected chi connectivity index (χ2v) is 5.14. The van der Waals surface area contributed by atoms with Gasteiger partial charge in [0.25, 0.3) is 0 Å². The molecule has 0 bridgehead atoms. The molecule has 0 aliphatic rings. The highest BCUT2D eigenvalue weighted by Gasteiger charge is 2.03. The summed E-state index contributed by atoms with van der Waals surface area (Å²) in [4.78, 5) is 0. The molecule has 0 spiro atoms. The highest BCUT2D eigenvalue weighted by Crippen LogP contribution is 2.25. The molecule has 5 heteroatoms. The van der Waals surface area contributed by atoms with Gasteiger partial charge >= 0.3 is 0 Å². The second kappa shape index (κ2) is 5.10. The molecule has 0 radical (unpaired) electrons. The maximum atomic E-state index is 6.03. The van der Waals surface area contributed by atoms with E-state index < -0.39 is 0 Å². The molecule has 0 atom stereocenters. The quantitative estimate of drug-likeness (QED) is 0.935. The van der Waals surface area contributed by atoms with Crippen LogP contribution in [0.25, 0.3) is 0 Å². The standard InChI is InChI=1S/C12H13BrClN3/c1-8-5-10(17(2)16-8)7-15-9-3-4-11(13)12(14)6-9/h3-6,15H,7H2,1-2H3. The van der Waals surface area contributed by atoms with Crippen molar-refractivity contribution in [1.82, 2.24) is 9.78 Å². The summed E-state index contributed by atoms with van der Waals surface area (Å²) in [5, 5.41) is 8.32. The van der Waals surface area contributed by atoms with E-state index in [-0.39, 0.29) is 0 Å². The van der Waals surface area contributed by atoms with Gasteiger partial charge in [-0.3, -0.25) is 4.68 Å². The number of aromatic nitrogens is 2. The number of aryl methyl sites for hydroxylation is 2. The Morgan fingerprint density at radius 3 is 2.76 bits per heavy atom. The molecular weight excluding hydrogens is 302 g/mol. The lowest BCUT2D eigenvalue weighted by atomic mass is 10.3. The van der Waals surface area contributed by atoms with E-state index in [9.17, 15) is 0 Å². The van der Waals surface area contributed by atoms with E-state index >= 15 is 0 Å². The van der Waals surface area contributed by atoms with Gasteiger partial charge in [-0.15, -0.1) is 0 Å². The van der Waals surface area contributed by atoms with Crippen LogP contribution in [0.15, 0.2) is 28.7 Å². The first-order valence-electron chi connectivity index (χ1n) is 5.24. The zero-order chi connectivity index (χ0) is 12.4. The normalized spacial score (nSPS) is 10.6. The third kappa shape index (κ3) is 3.01. The molecule has 2 aromatic rings. The molecule has 0 aliphatic carbocycles. The average Bonchev–Trinajstić information content (AvgIpc) is 2.59. The van der Waals surface area contributed by atoms with Crippen LogP contribution in [0, 0.1) is 6.92 Å². The van der Waals surface area contributed by atoms with Crippen LogP contribution in [-0.2, 0) is 13.6 Å². The molecule has 3 nitrogen and oxygen atoms in total. The van der Waals surface area contributed by atoms with E-state index in [2.05, 4.69) is 32.4 Å². The van der Waals surface area contributed by atoms with Crippen molar-refractivity contribution in [3.8, 4) is 0 Å². The van der Waals surface area contributed by atoms with Crippen LogP contribution in [0.4, 0.5) is 5.69 Å². The number of nitrogens with one attached hydrogen (secondary N) is 1. The maximum absolute atomic E-state index is 6.03. The third-order valence-corrected chi connectivity index (χ3v) is 3.72. The minimum absolute atomic E-state index is 0.705. The molecule has 1 heterocycles. The largest absolute Gasteiger partial charge is 0.379 e. The van der Waals surface area contributed by atoms with Gasteiger partial charge in [-0.2, -0.15) is 5.10 Å². The van der Waals surface area contributed by atoms with Crippen molar-refractivity contribution >= 4 is 33.2 Å². The number of halogens is 2. The van der Waals surface area contributed by atoms with Crippen molar-refractivity contribution in [3.63, 3.8) is 0 Å². The summed E-state index contributed by atoms with van der Waals surface area (Å²) in [6.45, 7) is 2.72. The lowest BCUT2D eigenvalue weighted by Gasteiger charge is -2.07. The SMILES string of the molecule is Cc1cc(CNc2ccc(Br)c(Cl)c2)n(C)n1. The molecule has 1 aromatic heterocycles. The van der Waals surface area contributed by atoms with Crippen LogP contribution in [0.5, 0.6) is 0 Å². The number of benzene rings is 1. The predicted molar refractivity (Wildman–Crippen MR) is 74.4 cm³/mol. The molecule has 2 rings (SSSR count). The van der Waals surface area contributed by atoms with E-state index in [4.69, 9.17) is 11.6 Å². The lowest BCUT2D eigenvalue weighted by molar-refractivity contribution is 0.713. The third-order valence-electron chi connectivity index (χ3n) is 2.49. The summed E-state index contributed by atoms with van der Waals surface area (Å²) in [5.74, 6) is 0. The number of rotatable bonds is 3. The van der Waals surface area contributed by atoms with Crippen molar-refractivity contribution in [2.24, 2.45) is 7.05 Å². The summed E-state index contributed by atoms with van der Waals surface area (Å²) < 4.78 is 2.78. The van der Waals surface area contributed by atoms with E-state index in [1.807, 2.05) is 36.9 Å². The van der Waals surface area contributed by atoms with Crippen LogP contribution >= 0.6 is 27.5 Å². The lowest BCUT2D eigenvalue weighted by Crippen LogP contribution is -2.05. The molecule has 0 unspecified atom stereocenters. The zero-order valence-corrected chi connectivity index (χ0v) is 12.0. The molecule has 1 N–H and O–H groups in total. The van der Waals surface area contributed by atoms with Gasteiger partial charge < -0.3 is 5.32 Å². The van der Waals surface area contributed by atoms with Gasteiger partial charge in [-0.1, -0.05) is 11.6 Å². The van der Waals surface area contributed by atoms with Gasteiger partial charge in [0, 0.05) is 17.2 Å². The van der Waals surface area contributed by atoms with Crippen LogP contribution in [0.3, 0.4) is 0 Å². The van der Waals surface area contributed by atoms with Gasteiger partial charge in [0.1, 0.15) is 0 Å². The molecule has 0 saturated heterocycles. The fourth-order valence-corrected chi connectivity index (χ4v) is 2.06. The topological polar surface area (TPSA) is 29.9 Å². The number of nitrogens with zero attached hydrogens (tertiary/aromatic N) is 2. The van der Waals surface area contributed by atoms with E-state index in [0.29, 0.717) is 5.02 Å². The molecule has 17 heavy (non-hydrogen) atoms. The van der Waals surface area contributed by atoms with Crippen LogP contribution < -0.4 is 5.32 Å². The highest BCUT2D eigenvalue weighted by molar-refractivity contribution is 9.10. The van der Waals surface area contributed by atoms with Crippen molar-refractivity contribution in [1.29, 1.82) is 0 Å². The summed E-state index contributed by atoms with van der Waals surface area (Å²) in [5.41, 5.74) is 3.16. The van der Waals surface area contributed by atoms with Crippen molar-refractivity contribution in [2.45, 2.75) is 13.5 Å². The fraction of sp³-hybridized carbons (Fsp3) is 0.250. The molecular formula is C12H13BrClN3. The molecule has 0 saturated carbocycles. The molecule has 1 aromatic carbocycles. The Morgan fingerprint density at radius 2 is 2.18 bits per heavy atom. The number of hydrogen-bond donors (Lipinski definition) is 1. The number of hydrogen-bond acceptors (Lipinski definition) is 2. The summed E-state index contributed by atoms with van der Waals surface area (Å²) in [7, 11) is 1.94. The zero-order valence-electron chi connectivity index (χ0n) is 9.67. The summed E-state index contributed by atoms with van der Waals surface area (Å²) >= 11 is 9.39. The highest BCUT2D eigenvalue weighted by atomic mass is 79.9. The Morgan fingerprint density at radius 1 is 1.41 bits per heavy atom. The van der Waals surface area contributed by atoms with Gasteiger partial charge in [0.15, 0.2) is 0 Å². The van der Waals surface area contributed by atoms with E-state index in [1.54, 1.807) is 0 Å². The van der Waals surface area contributed by atoms with Crippen molar-refractivity contribution < 1.29 is 0 Å². The Hall–Kier alpha value is -1.00. The van der Waals surface area contributed by atoms with E-state index in [1.165, 1.54) is 0 Å². The van der Waals surface area contributed by atoms with Gasteiger partial charge in [-0.25, -0.2) is 0 Å². The molecule has 0 aliphatic heterocycles. The van der Waals surface area contributed by atoms with Crippen molar-refractivity contribution in [2.75, 3.05) is 5.32 Å². The minimum atomic E-state index is 0.705. The first-order chi connectivity index (χ1) is 8.06. The van der Waals surface area contributed by atoms with Crippen LogP contribution in [0.2, 0.25) is 5.02 Å². The monoisotopic (exact) mass is 313 g/mol. The second-order valence-electron chi connectivity index (χ2n) is 3.88. The van der Waals surface area contributed by atoms with Gasteiger partial charge in [0.2, 0.25) is 0 Å². The maximum Gasteiger partial charge on any atom is 0.0597 e. The van der Waals surface area contributed by atoms with Crippen LogP contribution in [0.1, 0.15) is 11.4 Å². The van der Waals surface area contributed by atoms with E-state index in [0.717, 1.165) is 28.1 Å². The minimum Gasteiger partial charge on any atom is -0.379 e. The van der Waals surface area contributed by atoms with Gasteiger partial charge in [0.05, 0.1) is 23.0 Å². The number of anilines is 1. The van der Waals surface area contributed by atoms with Crippen LogP contribution in [-0.4, -0.2) is 9.78 Å².